The topological polar surface area (TPSA) is 70.6 Å². The number of carboxylic acid groups (broad SMARTS) is 1. The van der Waals surface area contributed by atoms with Gasteiger partial charge in [0.1, 0.15) is 0 Å². The summed E-state index contributed by atoms with van der Waals surface area (Å²) in [5, 5.41) is 14.5. The summed E-state index contributed by atoms with van der Waals surface area (Å²) in [6.07, 6.45) is -1.08. The minimum absolute atomic E-state index is 0.0881. The van der Waals surface area contributed by atoms with E-state index in [1.807, 2.05) is 20.8 Å². The molecule has 88 valence electrons. The Kier molecular flexibility index (Phi) is 3.93. The second-order valence-corrected chi connectivity index (χ2v) is 4.91. The Morgan fingerprint density at radius 2 is 2.27 bits per heavy atom. The lowest BCUT2D eigenvalue weighted by Gasteiger charge is -2.38. The van der Waals surface area contributed by atoms with E-state index >= 15 is 0 Å². The van der Waals surface area contributed by atoms with Crippen LogP contribution in [0.3, 0.4) is 0 Å². The second kappa shape index (κ2) is 4.81. The Hall–Kier alpha value is -0.810. The minimum atomic E-state index is -0.996. The lowest BCUT2D eigenvalue weighted by atomic mass is 9.83. The molecule has 0 aromatic carbocycles. The van der Waals surface area contributed by atoms with Crippen LogP contribution in [-0.2, 0) is 4.74 Å². The molecule has 0 spiro atoms. The van der Waals surface area contributed by atoms with Gasteiger partial charge in [0.05, 0.1) is 18.8 Å². The van der Waals surface area contributed by atoms with Crippen LogP contribution >= 0.6 is 0 Å². The van der Waals surface area contributed by atoms with Crippen molar-refractivity contribution in [3.05, 3.63) is 0 Å². The largest absolute Gasteiger partial charge is 0.465 e. The van der Waals surface area contributed by atoms with E-state index in [4.69, 9.17) is 9.84 Å². The molecule has 3 N–H and O–H groups in total. The number of carbonyl (C=O) groups is 1. The number of rotatable bonds is 2. The van der Waals surface area contributed by atoms with Crippen molar-refractivity contribution >= 4 is 6.09 Å². The molecule has 2 atom stereocenters. The first kappa shape index (κ1) is 12.3. The maximum atomic E-state index is 10.7. The summed E-state index contributed by atoms with van der Waals surface area (Å²) < 4.78 is 5.58. The highest BCUT2D eigenvalue weighted by molar-refractivity contribution is 5.65. The van der Waals surface area contributed by atoms with E-state index in [0.717, 1.165) is 6.54 Å². The molecule has 5 heteroatoms. The molecule has 0 radical (unpaired) electrons. The molecule has 1 unspecified atom stereocenters. The Morgan fingerprint density at radius 1 is 1.60 bits per heavy atom. The van der Waals surface area contributed by atoms with Crippen LogP contribution in [0.2, 0.25) is 0 Å². The molecule has 1 rings (SSSR count). The van der Waals surface area contributed by atoms with Crippen molar-refractivity contribution in [1.82, 2.24) is 10.6 Å². The SMILES string of the molecule is CC(C)(C)C(NC(=O)O)[C@H]1CNCCO1. The third-order valence-corrected chi connectivity index (χ3v) is 2.54. The first-order valence-corrected chi connectivity index (χ1v) is 5.23. The maximum absolute atomic E-state index is 10.7. The van der Waals surface area contributed by atoms with Gasteiger partial charge in [0.25, 0.3) is 0 Å². The van der Waals surface area contributed by atoms with Crippen molar-refractivity contribution in [1.29, 1.82) is 0 Å². The van der Waals surface area contributed by atoms with Crippen LogP contribution in [0.25, 0.3) is 0 Å². The number of hydrogen-bond donors (Lipinski definition) is 3. The maximum Gasteiger partial charge on any atom is 0.404 e. The average molecular weight is 216 g/mol. The number of morpholine rings is 1. The molecule has 0 aromatic rings. The third-order valence-electron chi connectivity index (χ3n) is 2.54. The molecule has 0 bridgehead atoms. The molecule has 0 aliphatic carbocycles. The highest BCUT2D eigenvalue weighted by atomic mass is 16.5. The second-order valence-electron chi connectivity index (χ2n) is 4.91. The number of ether oxygens (including phenoxy) is 1. The summed E-state index contributed by atoms with van der Waals surface area (Å²) in [6, 6.07) is -0.192. The van der Waals surface area contributed by atoms with E-state index in [0.29, 0.717) is 13.2 Å². The van der Waals surface area contributed by atoms with Crippen LogP contribution in [-0.4, -0.2) is 43.0 Å². The number of amides is 1. The monoisotopic (exact) mass is 216 g/mol. The van der Waals surface area contributed by atoms with Gasteiger partial charge < -0.3 is 20.5 Å². The van der Waals surface area contributed by atoms with E-state index in [-0.39, 0.29) is 17.6 Å². The zero-order valence-corrected chi connectivity index (χ0v) is 9.54. The van der Waals surface area contributed by atoms with Crippen LogP contribution in [0.5, 0.6) is 0 Å². The fourth-order valence-electron chi connectivity index (χ4n) is 1.80. The Morgan fingerprint density at radius 3 is 2.67 bits per heavy atom. The molecule has 1 fully saturated rings. The molecule has 0 saturated carbocycles. The van der Waals surface area contributed by atoms with Gasteiger partial charge in [0.2, 0.25) is 0 Å². The van der Waals surface area contributed by atoms with Crippen molar-refractivity contribution in [3.8, 4) is 0 Å². The van der Waals surface area contributed by atoms with Crippen LogP contribution in [0, 0.1) is 5.41 Å². The zero-order chi connectivity index (χ0) is 11.5. The molecular formula is C10H20N2O3. The predicted octanol–water partition coefficient (Wildman–Crippen LogP) is 0.657. The summed E-state index contributed by atoms with van der Waals surface area (Å²) in [5.41, 5.74) is -0.151. The summed E-state index contributed by atoms with van der Waals surface area (Å²) in [6.45, 7) is 8.18. The van der Waals surface area contributed by atoms with Gasteiger partial charge in [-0.15, -0.1) is 0 Å². The summed E-state index contributed by atoms with van der Waals surface area (Å²) in [5.74, 6) is 0. The van der Waals surface area contributed by atoms with E-state index < -0.39 is 6.09 Å². The summed E-state index contributed by atoms with van der Waals surface area (Å²) in [4.78, 5) is 10.7. The van der Waals surface area contributed by atoms with Crippen molar-refractivity contribution in [3.63, 3.8) is 0 Å². The Labute approximate surface area is 90.2 Å². The van der Waals surface area contributed by atoms with Crippen molar-refractivity contribution in [2.75, 3.05) is 19.7 Å². The summed E-state index contributed by atoms with van der Waals surface area (Å²) in [7, 11) is 0. The van der Waals surface area contributed by atoms with Gasteiger partial charge in [-0.1, -0.05) is 20.8 Å². The van der Waals surface area contributed by atoms with E-state index in [1.54, 1.807) is 0 Å². The third kappa shape index (κ3) is 3.68. The van der Waals surface area contributed by atoms with Crippen molar-refractivity contribution in [2.45, 2.75) is 32.9 Å². The van der Waals surface area contributed by atoms with Gasteiger partial charge in [-0.05, 0) is 5.41 Å². The smallest absolute Gasteiger partial charge is 0.404 e. The number of nitrogens with one attached hydrogen (secondary N) is 2. The molecule has 1 aliphatic heterocycles. The molecule has 1 heterocycles. The average Bonchev–Trinajstić information content (AvgIpc) is 2.14. The van der Waals surface area contributed by atoms with Crippen molar-refractivity contribution in [2.24, 2.45) is 5.41 Å². The van der Waals surface area contributed by atoms with Gasteiger partial charge in [-0.25, -0.2) is 4.79 Å². The quantitative estimate of drug-likeness (QED) is 0.634. The standard InChI is InChI=1S/C10H20N2O3/c1-10(2,3)8(12-9(13)14)7-6-11-4-5-15-7/h7-8,11-12H,4-6H2,1-3H3,(H,13,14)/t7-,8?/m1/s1. The Balaban J connectivity index is 2.66. The van der Waals surface area contributed by atoms with Crippen LogP contribution in [0.4, 0.5) is 4.79 Å². The molecular weight excluding hydrogens is 196 g/mol. The van der Waals surface area contributed by atoms with Gasteiger partial charge in [0.15, 0.2) is 0 Å². The molecule has 1 amide bonds. The molecule has 15 heavy (non-hydrogen) atoms. The van der Waals surface area contributed by atoms with Crippen LogP contribution in [0.15, 0.2) is 0 Å². The minimum Gasteiger partial charge on any atom is -0.465 e. The van der Waals surface area contributed by atoms with Gasteiger partial charge in [-0.2, -0.15) is 0 Å². The Bertz CT molecular complexity index is 219. The summed E-state index contributed by atoms with van der Waals surface area (Å²) >= 11 is 0. The number of hydrogen-bond acceptors (Lipinski definition) is 3. The molecule has 1 aliphatic rings. The lowest BCUT2D eigenvalue weighted by molar-refractivity contribution is -0.0205. The first-order valence-electron chi connectivity index (χ1n) is 5.23. The molecule has 5 nitrogen and oxygen atoms in total. The highest BCUT2D eigenvalue weighted by Crippen LogP contribution is 2.24. The fraction of sp³-hybridized carbons (Fsp3) is 0.900. The van der Waals surface area contributed by atoms with E-state index in [1.165, 1.54) is 0 Å². The normalized spacial score (nSPS) is 24.6. The fourth-order valence-corrected chi connectivity index (χ4v) is 1.80. The van der Waals surface area contributed by atoms with Gasteiger partial charge in [0, 0.05) is 13.1 Å². The molecule has 0 aromatic heterocycles. The predicted molar refractivity (Wildman–Crippen MR) is 57.0 cm³/mol. The van der Waals surface area contributed by atoms with Crippen LogP contribution in [0.1, 0.15) is 20.8 Å². The first-order chi connectivity index (χ1) is 6.91. The van der Waals surface area contributed by atoms with Gasteiger partial charge >= 0.3 is 6.09 Å². The highest BCUT2D eigenvalue weighted by Gasteiger charge is 2.35. The van der Waals surface area contributed by atoms with E-state index in [9.17, 15) is 4.79 Å². The van der Waals surface area contributed by atoms with Gasteiger partial charge in [-0.3, -0.25) is 0 Å². The molecule has 1 saturated heterocycles. The zero-order valence-electron chi connectivity index (χ0n) is 9.54. The lowest BCUT2D eigenvalue weighted by Crippen LogP contribution is -2.57. The van der Waals surface area contributed by atoms with Crippen LogP contribution < -0.4 is 10.6 Å². The van der Waals surface area contributed by atoms with Crippen molar-refractivity contribution < 1.29 is 14.6 Å². The van der Waals surface area contributed by atoms with E-state index in [2.05, 4.69) is 10.6 Å².